The van der Waals surface area contributed by atoms with E-state index in [1.54, 1.807) is 0 Å². The monoisotopic (exact) mass is 157 g/mol. The molecule has 0 saturated heterocycles. The lowest BCUT2D eigenvalue weighted by atomic mass is 9.84. The van der Waals surface area contributed by atoms with E-state index in [0.717, 1.165) is 32.2 Å². The molecule has 1 saturated carbocycles. The SMILES string of the molecule is CCNC1CCC(C)(O)CC1. The fourth-order valence-corrected chi connectivity index (χ4v) is 1.73. The van der Waals surface area contributed by atoms with Gasteiger partial charge in [0.1, 0.15) is 0 Å². The van der Waals surface area contributed by atoms with Gasteiger partial charge in [-0.25, -0.2) is 0 Å². The Bertz CT molecular complexity index is 113. The summed E-state index contributed by atoms with van der Waals surface area (Å²) in [4.78, 5) is 0. The topological polar surface area (TPSA) is 32.3 Å². The van der Waals surface area contributed by atoms with E-state index in [1.165, 1.54) is 0 Å². The first-order valence-electron chi connectivity index (χ1n) is 4.60. The van der Waals surface area contributed by atoms with Crippen molar-refractivity contribution in [2.45, 2.75) is 51.2 Å². The second kappa shape index (κ2) is 3.55. The molecule has 0 atom stereocenters. The van der Waals surface area contributed by atoms with Gasteiger partial charge in [-0.05, 0) is 39.2 Å². The van der Waals surface area contributed by atoms with Crippen molar-refractivity contribution in [1.82, 2.24) is 5.32 Å². The fraction of sp³-hybridized carbons (Fsp3) is 1.00. The molecule has 2 heteroatoms. The molecule has 0 unspecified atom stereocenters. The van der Waals surface area contributed by atoms with Crippen LogP contribution in [0.4, 0.5) is 0 Å². The zero-order chi connectivity index (χ0) is 8.32. The van der Waals surface area contributed by atoms with Crippen LogP contribution in [0.1, 0.15) is 39.5 Å². The molecule has 2 nitrogen and oxygen atoms in total. The molecule has 0 aromatic carbocycles. The van der Waals surface area contributed by atoms with E-state index in [1.807, 2.05) is 6.92 Å². The third-order valence-corrected chi connectivity index (χ3v) is 2.56. The van der Waals surface area contributed by atoms with Gasteiger partial charge >= 0.3 is 0 Å². The summed E-state index contributed by atoms with van der Waals surface area (Å²) >= 11 is 0. The van der Waals surface area contributed by atoms with Crippen molar-refractivity contribution in [3.63, 3.8) is 0 Å². The molecule has 66 valence electrons. The fourth-order valence-electron chi connectivity index (χ4n) is 1.73. The molecule has 0 aliphatic heterocycles. The molecular formula is C9H19NO. The third kappa shape index (κ3) is 2.80. The van der Waals surface area contributed by atoms with Crippen molar-refractivity contribution in [2.75, 3.05) is 6.54 Å². The molecule has 0 bridgehead atoms. The van der Waals surface area contributed by atoms with Crippen molar-refractivity contribution < 1.29 is 5.11 Å². The number of rotatable bonds is 2. The summed E-state index contributed by atoms with van der Waals surface area (Å²) in [6.07, 6.45) is 4.15. The van der Waals surface area contributed by atoms with Gasteiger partial charge in [0.05, 0.1) is 5.60 Å². The molecule has 0 heterocycles. The molecule has 2 N–H and O–H groups in total. The average Bonchev–Trinajstić information content (AvgIpc) is 1.94. The zero-order valence-corrected chi connectivity index (χ0v) is 7.56. The highest BCUT2D eigenvalue weighted by Crippen LogP contribution is 2.27. The van der Waals surface area contributed by atoms with Gasteiger partial charge in [-0.2, -0.15) is 0 Å². The van der Waals surface area contributed by atoms with Crippen molar-refractivity contribution in [2.24, 2.45) is 0 Å². The standard InChI is InChI=1S/C9H19NO/c1-3-10-8-4-6-9(2,11)7-5-8/h8,10-11H,3-7H2,1-2H3. The van der Waals surface area contributed by atoms with Crippen molar-refractivity contribution in [3.8, 4) is 0 Å². The van der Waals surface area contributed by atoms with Crippen LogP contribution < -0.4 is 5.32 Å². The van der Waals surface area contributed by atoms with E-state index < -0.39 is 0 Å². The van der Waals surface area contributed by atoms with Gasteiger partial charge in [0.2, 0.25) is 0 Å². The summed E-state index contributed by atoms with van der Waals surface area (Å²) in [5.74, 6) is 0. The van der Waals surface area contributed by atoms with Crippen LogP contribution in [0.3, 0.4) is 0 Å². The number of hydrogen-bond donors (Lipinski definition) is 2. The van der Waals surface area contributed by atoms with Crippen molar-refractivity contribution in [3.05, 3.63) is 0 Å². The van der Waals surface area contributed by atoms with Crippen LogP contribution in [-0.4, -0.2) is 23.3 Å². The Hall–Kier alpha value is -0.0800. The van der Waals surface area contributed by atoms with E-state index >= 15 is 0 Å². The summed E-state index contributed by atoms with van der Waals surface area (Å²) in [5, 5.41) is 13.0. The van der Waals surface area contributed by atoms with Gasteiger partial charge in [0.15, 0.2) is 0 Å². The van der Waals surface area contributed by atoms with Crippen LogP contribution in [-0.2, 0) is 0 Å². The van der Waals surface area contributed by atoms with Crippen LogP contribution in [0, 0.1) is 0 Å². The first-order valence-corrected chi connectivity index (χ1v) is 4.60. The lowest BCUT2D eigenvalue weighted by Crippen LogP contribution is -2.39. The maximum Gasteiger partial charge on any atom is 0.0621 e. The number of hydrogen-bond acceptors (Lipinski definition) is 2. The van der Waals surface area contributed by atoms with Crippen LogP contribution >= 0.6 is 0 Å². The molecule has 1 rings (SSSR count). The highest BCUT2D eigenvalue weighted by Gasteiger charge is 2.27. The van der Waals surface area contributed by atoms with E-state index in [-0.39, 0.29) is 5.60 Å². The van der Waals surface area contributed by atoms with E-state index in [2.05, 4.69) is 12.2 Å². The van der Waals surface area contributed by atoms with Crippen LogP contribution in [0.25, 0.3) is 0 Å². The lowest BCUT2D eigenvalue weighted by molar-refractivity contribution is 0.0143. The summed E-state index contributed by atoms with van der Waals surface area (Å²) in [7, 11) is 0. The Balaban J connectivity index is 2.25. The predicted molar refractivity (Wildman–Crippen MR) is 46.6 cm³/mol. The van der Waals surface area contributed by atoms with E-state index in [9.17, 15) is 5.11 Å². The molecule has 0 amide bonds. The van der Waals surface area contributed by atoms with Crippen molar-refractivity contribution >= 4 is 0 Å². The van der Waals surface area contributed by atoms with E-state index in [0.29, 0.717) is 6.04 Å². The second-order valence-electron chi connectivity index (χ2n) is 3.83. The predicted octanol–water partition coefficient (Wildman–Crippen LogP) is 1.29. The van der Waals surface area contributed by atoms with Gasteiger partial charge in [-0.15, -0.1) is 0 Å². The Morgan fingerprint density at radius 1 is 1.45 bits per heavy atom. The summed E-state index contributed by atoms with van der Waals surface area (Å²) in [5.41, 5.74) is -0.383. The number of nitrogens with one attached hydrogen (secondary N) is 1. The zero-order valence-electron chi connectivity index (χ0n) is 7.56. The Labute approximate surface area is 69.0 Å². The van der Waals surface area contributed by atoms with Crippen LogP contribution in [0.5, 0.6) is 0 Å². The maximum atomic E-state index is 9.63. The largest absolute Gasteiger partial charge is 0.390 e. The van der Waals surface area contributed by atoms with Crippen LogP contribution in [0.15, 0.2) is 0 Å². The van der Waals surface area contributed by atoms with Gasteiger partial charge < -0.3 is 10.4 Å². The van der Waals surface area contributed by atoms with Gasteiger partial charge in [0, 0.05) is 6.04 Å². The summed E-state index contributed by atoms with van der Waals surface area (Å²) in [6, 6.07) is 0.653. The molecule has 1 aliphatic rings. The van der Waals surface area contributed by atoms with E-state index in [4.69, 9.17) is 0 Å². The van der Waals surface area contributed by atoms with Gasteiger partial charge in [-0.3, -0.25) is 0 Å². The Morgan fingerprint density at radius 3 is 2.45 bits per heavy atom. The Kier molecular flexibility index (Phi) is 2.90. The molecule has 11 heavy (non-hydrogen) atoms. The first kappa shape index (κ1) is 9.01. The number of aliphatic hydroxyl groups is 1. The molecular weight excluding hydrogens is 138 g/mol. The minimum absolute atomic E-state index is 0.383. The van der Waals surface area contributed by atoms with Crippen molar-refractivity contribution in [1.29, 1.82) is 0 Å². The smallest absolute Gasteiger partial charge is 0.0621 e. The minimum Gasteiger partial charge on any atom is -0.390 e. The molecule has 0 radical (unpaired) electrons. The summed E-state index contributed by atoms with van der Waals surface area (Å²) < 4.78 is 0. The van der Waals surface area contributed by atoms with Crippen LogP contribution in [0.2, 0.25) is 0 Å². The normalized spacial score (nSPS) is 39.0. The molecule has 0 aromatic heterocycles. The average molecular weight is 157 g/mol. The Morgan fingerprint density at radius 2 is 2.00 bits per heavy atom. The first-order chi connectivity index (χ1) is 5.14. The molecule has 0 spiro atoms. The lowest BCUT2D eigenvalue weighted by Gasteiger charge is -2.33. The highest BCUT2D eigenvalue weighted by atomic mass is 16.3. The minimum atomic E-state index is -0.383. The molecule has 0 aromatic rings. The molecule has 1 aliphatic carbocycles. The maximum absolute atomic E-state index is 9.63. The molecule has 1 fully saturated rings. The quantitative estimate of drug-likeness (QED) is 0.633. The van der Waals surface area contributed by atoms with Gasteiger partial charge in [0.25, 0.3) is 0 Å². The highest BCUT2D eigenvalue weighted by molar-refractivity contribution is 4.84. The third-order valence-electron chi connectivity index (χ3n) is 2.56. The summed E-state index contributed by atoms with van der Waals surface area (Å²) in [6.45, 7) is 5.12. The van der Waals surface area contributed by atoms with Gasteiger partial charge in [-0.1, -0.05) is 6.92 Å². The second-order valence-corrected chi connectivity index (χ2v) is 3.83.